The molecule has 0 spiro atoms. The molecule has 1 heterocycles. The Labute approximate surface area is 171 Å². The summed E-state index contributed by atoms with van der Waals surface area (Å²) in [7, 11) is 1.79. The van der Waals surface area contributed by atoms with Gasteiger partial charge in [-0.15, -0.1) is 0 Å². The highest BCUT2D eigenvalue weighted by molar-refractivity contribution is 5.99. The summed E-state index contributed by atoms with van der Waals surface area (Å²) >= 11 is 0. The third-order valence-electron chi connectivity index (χ3n) is 5.31. The first-order chi connectivity index (χ1) is 14.0. The van der Waals surface area contributed by atoms with Gasteiger partial charge in [-0.3, -0.25) is 9.59 Å². The van der Waals surface area contributed by atoms with Crippen molar-refractivity contribution in [3.63, 3.8) is 0 Å². The normalized spacial score (nSPS) is 14.0. The number of hydrogen-bond donors (Lipinski definition) is 0. The number of anilines is 1. The lowest BCUT2D eigenvalue weighted by Gasteiger charge is -2.36. The second kappa shape index (κ2) is 9.54. The molecule has 5 nitrogen and oxygen atoms in total. The van der Waals surface area contributed by atoms with Gasteiger partial charge in [-0.05, 0) is 36.8 Å². The molecule has 1 saturated heterocycles. The number of carbonyl (C=O) groups excluding carboxylic acids is 2. The van der Waals surface area contributed by atoms with Crippen LogP contribution in [0.5, 0.6) is 0 Å². The van der Waals surface area contributed by atoms with Crippen LogP contribution in [0.4, 0.5) is 10.1 Å². The van der Waals surface area contributed by atoms with Gasteiger partial charge in [0.25, 0.3) is 11.8 Å². The van der Waals surface area contributed by atoms with E-state index in [0.717, 1.165) is 12.8 Å². The minimum Gasteiger partial charge on any atom is -0.366 e. The van der Waals surface area contributed by atoms with Crippen molar-refractivity contribution in [1.29, 1.82) is 0 Å². The highest BCUT2D eigenvalue weighted by atomic mass is 19.1. The summed E-state index contributed by atoms with van der Waals surface area (Å²) in [6, 6.07) is 13.6. The predicted octanol–water partition coefficient (Wildman–Crippen LogP) is 3.66. The Morgan fingerprint density at radius 3 is 2.38 bits per heavy atom. The summed E-state index contributed by atoms with van der Waals surface area (Å²) in [6.45, 7) is 4.97. The number of halogens is 1. The Balaban J connectivity index is 1.64. The Kier molecular flexibility index (Phi) is 6.86. The monoisotopic (exact) mass is 397 g/mol. The fraction of sp³-hybridized carbons (Fsp3) is 0.391. The number of unbranched alkanes of at least 4 members (excludes halogenated alkanes) is 1. The van der Waals surface area contributed by atoms with Gasteiger partial charge in [0.15, 0.2) is 0 Å². The number of hydrogen-bond acceptors (Lipinski definition) is 3. The molecule has 0 saturated carbocycles. The average molecular weight is 397 g/mol. The zero-order valence-electron chi connectivity index (χ0n) is 17.1. The van der Waals surface area contributed by atoms with Gasteiger partial charge in [0.1, 0.15) is 5.82 Å². The molecule has 0 bridgehead atoms. The molecule has 6 heteroatoms. The zero-order valence-corrected chi connectivity index (χ0v) is 17.1. The summed E-state index contributed by atoms with van der Waals surface area (Å²) in [5, 5.41) is 0. The molecule has 0 aliphatic carbocycles. The molecule has 1 aliphatic rings. The second-order valence-electron chi connectivity index (χ2n) is 7.39. The van der Waals surface area contributed by atoms with Crippen LogP contribution in [0, 0.1) is 5.82 Å². The first kappa shape index (κ1) is 20.8. The molecule has 2 aromatic carbocycles. The first-order valence-corrected chi connectivity index (χ1v) is 10.2. The zero-order chi connectivity index (χ0) is 20.8. The molecule has 29 heavy (non-hydrogen) atoms. The van der Waals surface area contributed by atoms with Crippen LogP contribution >= 0.6 is 0 Å². The van der Waals surface area contributed by atoms with E-state index in [-0.39, 0.29) is 17.6 Å². The number of rotatable bonds is 6. The first-order valence-electron chi connectivity index (χ1n) is 10.2. The Morgan fingerprint density at radius 1 is 1.00 bits per heavy atom. The van der Waals surface area contributed by atoms with Crippen LogP contribution in [0.15, 0.2) is 48.5 Å². The van der Waals surface area contributed by atoms with Gasteiger partial charge in [0, 0.05) is 50.9 Å². The number of carbonyl (C=O) groups is 2. The predicted molar refractivity (Wildman–Crippen MR) is 113 cm³/mol. The minimum atomic E-state index is -0.245. The quantitative estimate of drug-likeness (QED) is 0.747. The third kappa shape index (κ3) is 4.94. The highest BCUT2D eigenvalue weighted by Crippen LogP contribution is 2.21. The summed E-state index contributed by atoms with van der Waals surface area (Å²) in [5.74, 6) is -0.410. The lowest BCUT2D eigenvalue weighted by atomic mass is 10.1. The van der Waals surface area contributed by atoms with Gasteiger partial charge in [-0.25, -0.2) is 4.39 Å². The van der Waals surface area contributed by atoms with Gasteiger partial charge in [-0.1, -0.05) is 31.5 Å². The molecule has 3 rings (SSSR count). The van der Waals surface area contributed by atoms with Crippen LogP contribution in [0.1, 0.15) is 40.5 Å². The van der Waals surface area contributed by atoms with Crippen molar-refractivity contribution in [2.75, 3.05) is 44.7 Å². The van der Waals surface area contributed by atoms with Gasteiger partial charge in [0.05, 0.1) is 5.69 Å². The van der Waals surface area contributed by atoms with Gasteiger partial charge >= 0.3 is 0 Å². The molecule has 0 aromatic heterocycles. The number of nitrogens with zero attached hydrogens (tertiary/aromatic N) is 3. The van der Waals surface area contributed by atoms with E-state index in [1.165, 1.54) is 6.07 Å². The molecule has 154 valence electrons. The standard InChI is InChI=1S/C23H28FN3O2/c1-3-4-12-25(2)22(28)18-8-7-9-19(17-18)23(29)27-15-13-26(14-16-27)21-11-6-5-10-20(21)24/h5-11,17H,3-4,12-16H2,1-2H3. The average Bonchev–Trinajstić information content (AvgIpc) is 2.77. The van der Waals surface area contributed by atoms with E-state index in [1.807, 2.05) is 11.0 Å². The molecule has 0 N–H and O–H groups in total. The number of para-hydroxylation sites is 1. The van der Waals surface area contributed by atoms with Crippen molar-refractivity contribution < 1.29 is 14.0 Å². The molecular formula is C23H28FN3O2. The van der Waals surface area contributed by atoms with Crippen LogP contribution in [-0.2, 0) is 0 Å². The number of benzene rings is 2. The smallest absolute Gasteiger partial charge is 0.253 e. The van der Waals surface area contributed by atoms with E-state index in [4.69, 9.17) is 0 Å². The topological polar surface area (TPSA) is 43.9 Å². The maximum Gasteiger partial charge on any atom is 0.253 e. The van der Waals surface area contributed by atoms with Crippen molar-refractivity contribution >= 4 is 17.5 Å². The Hall–Kier alpha value is -2.89. The summed E-state index contributed by atoms with van der Waals surface area (Å²) in [5.41, 5.74) is 1.61. The largest absolute Gasteiger partial charge is 0.366 e. The van der Waals surface area contributed by atoms with Crippen LogP contribution in [0.25, 0.3) is 0 Å². The minimum absolute atomic E-state index is 0.0718. The van der Waals surface area contributed by atoms with Crippen LogP contribution in [-0.4, -0.2) is 61.4 Å². The molecule has 2 amide bonds. The molecule has 1 aliphatic heterocycles. The van der Waals surface area contributed by atoms with Gasteiger partial charge < -0.3 is 14.7 Å². The molecule has 0 unspecified atom stereocenters. The lowest BCUT2D eigenvalue weighted by molar-refractivity contribution is 0.0746. The van der Waals surface area contributed by atoms with E-state index in [2.05, 4.69) is 6.92 Å². The molecular weight excluding hydrogens is 369 g/mol. The fourth-order valence-corrected chi connectivity index (χ4v) is 3.54. The van der Waals surface area contributed by atoms with Crippen LogP contribution < -0.4 is 4.90 Å². The van der Waals surface area contributed by atoms with Crippen molar-refractivity contribution in [3.05, 3.63) is 65.5 Å². The van der Waals surface area contributed by atoms with Crippen molar-refractivity contribution in [2.24, 2.45) is 0 Å². The number of amides is 2. The van der Waals surface area contributed by atoms with Gasteiger partial charge in [0.2, 0.25) is 0 Å². The van der Waals surface area contributed by atoms with E-state index in [0.29, 0.717) is 49.5 Å². The van der Waals surface area contributed by atoms with E-state index in [9.17, 15) is 14.0 Å². The van der Waals surface area contributed by atoms with Crippen LogP contribution in [0.2, 0.25) is 0 Å². The maximum atomic E-state index is 14.0. The number of piperazine rings is 1. The third-order valence-corrected chi connectivity index (χ3v) is 5.31. The van der Waals surface area contributed by atoms with Crippen LogP contribution in [0.3, 0.4) is 0 Å². The van der Waals surface area contributed by atoms with E-state index >= 15 is 0 Å². The molecule has 0 atom stereocenters. The highest BCUT2D eigenvalue weighted by Gasteiger charge is 2.24. The van der Waals surface area contributed by atoms with Crippen molar-refractivity contribution in [3.8, 4) is 0 Å². The molecule has 0 radical (unpaired) electrons. The van der Waals surface area contributed by atoms with Gasteiger partial charge in [-0.2, -0.15) is 0 Å². The van der Waals surface area contributed by atoms with Crippen molar-refractivity contribution in [2.45, 2.75) is 19.8 Å². The lowest BCUT2D eigenvalue weighted by Crippen LogP contribution is -2.49. The maximum absolute atomic E-state index is 14.0. The molecule has 2 aromatic rings. The van der Waals surface area contributed by atoms with E-state index in [1.54, 1.807) is 53.2 Å². The van der Waals surface area contributed by atoms with Crippen molar-refractivity contribution in [1.82, 2.24) is 9.80 Å². The fourth-order valence-electron chi connectivity index (χ4n) is 3.54. The SMILES string of the molecule is CCCCN(C)C(=O)c1cccc(C(=O)N2CCN(c3ccccc3F)CC2)c1. The van der Waals surface area contributed by atoms with E-state index < -0.39 is 0 Å². The Morgan fingerprint density at radius 2 is 1.69 bits per heavy atom. The Bertz CT molecular complexity index is 863. The summed E-state index contributed by atoms with van der Waals surface area (Å²) < 4.78 is 14.0. The summed E-state index contributed by atoms with van der Waals surface area (Å²) in [4.78, 5) is 30.9. The molecule has 1 fully saturated rings. The summed E-state index contributed by atoms with van der Waals surface area (Å²) in [6.07, 6.45) is 1.97. The second-order valence-corrected chi connectivity index (χ2v) is 7.39.